The summed E-state index contributed by atoms with van der Waals surface area (Å²) in [4.78, 5) is 14.8. The minimum atomic E-state index is -0.0469. The number of carbonyl (C=O) groups is 1. The molecule has 0 saturated carbocycles. The van der Waals surface area contributed by atoms with E-state index in [2.05, 4.69) is 6.07 Å². The summed E-state index contributed by atoms with van der Waals surface area (Å²) in [6.45, 7) is 0.703. The number of benzene rings is 2. The Hall–Kier alpha value is -3.00. The van der Waals surface area contributed by atoms with E-state index in [9.17, 15) is 4.79 Å². The van der Waals surface area contributed by atoms with Gasteiger partial charge in [0.25, 0.3) is 5.91 Å². The molecule has 1 saturated heterocycles. The van der Waals surface area contributed by atoms with Gasteiger partial charge >= 0.3 is 0 Å². The monoisotopic (exact) mass is 336 g/mol. The van der Waals surface area contributed by atoms with Gasteiger partial charge in [0.2, 0.25) is 0 Å². The Kier molecular flexibility index (Phi) is 4.90. The van der Waals surface area contributed by atoms with Crippen molar-refractivity contribution < 1.29 is 14.3 Å². The summed E-state index contributed by atoms with van der Waals surface area (Å²) in [5, 5.41) is 9.05. The molecule has 0 radical (unpaired) electrons. The van der Waals surface area contributed by atoms with Crippen molar-refractivity contribution in [1.29, 1.82) is 5.26 Å². The molecule has 1 atom stereocenters. The Morgan fingerprint density at radius 3 is 2.68 bits per heavy atom. The van der Waals surface area contributed by atoms with Crippen molar-refractivity contribution in [2.75, 3.05) is 20.8 Å². The highest BCUT2D eigenvalue weighted by atomic mass is 16.5. The number of amides is 1. The molecule has 1 amide bonds. The lowest BCUT2D eigenvalue weighted by Gasteiger charge is -2.26. The van der Waals surface area contributed by atoms with Crippen LogP contribution in [0.4, 0.5) is 0 Å². The number of hydrogen-bond donors (Lipinski definition) is 0. The summed E-state index contributed by atoms with van der Waals surface area (Å²) < 4.78 is 10.7. The van der Waals surface area contributed by atoms with Crippen LogP contribution in [-0.4, -0.2) is 31.6 Å². The number of methoxy groups -OCH3 is 2. The van der Waals surface area contributed by atoms with E-state index in [-0.39, 0.29) is 11.9 Å². The Morgan fingerprint density at radius 2 is 1.96 bits per heavy atom. The number of rotatable bonds is 4. The van der Waals surface area contributed by atoms with Gasteiger partial charge in [-0.05, 0) is 48.7 Å². The molecule has 2 aromatic carbocycles. The Bertz CT molecular complexity index is 826. The SMILES string of the molecule is COc1ccc(C2CCCN2C(=O)c2cccc(C#N)c2)cc1OC. The number of carbonyl (C=O) groups excluding carboxylic acids is 1. The molecular formula is C20H20N2O3. The van der Waals surface area contributed by atoms with Crippen LogP contribution in [0, 0.1) is 11.3 Å². The first-order valence-corrected chi connectivity index (χ1v) is 8.21. The molecule has 0 N–H and O–H groups in total. The maximum absolute atomic E-state index is 12.9. The molecule has 1 fully saturated rings. The molecule has 0 spiro atoms. The van der Waals surface area contributed by atoms with Crippen molar-refractivity contribution in [2.24, 2.45) is 0 Å². The predicted molar refractivity (Wildman–Crippen MR) is 93.7 cm³/mol. The van der Waals surface area contributed by atoms with Gasteiger partial charge in [-0.1, -0.05) is 12.1 Å². The predicted octanol–water partition coefficient (Wildman–Crippen LogP) is 3.55. The van der Waals surface area contributed by atoms with Gasteiger partial charge in [0, 0.05) is 12.1 Å². The molecular weight excluding hydrogens is 316 g/mol. The standard InChI is InChI=1S/C20H20N2O3/c1-24-18-9-8-15(12-19(18)25-2)17-7-4-10-22(17)20(23)16-6-3-5-14(11-16)13-21/h3,5-6,8-9,11-12,17H,4,7,10H2,1-2H3. The fourth-order valence-electron chi connectivity index (χ4n) is 3.30. The molecule has 3 rings (SSSR count). The van der Waals surface area contributed by atoms with Gasteiger partial charge in [-0.15, -0.1) is 0 Å². The molecule has 1 aliphatic rings. The lowest BCUT2D eigenvalue weighted by atomic mass is 10.0. The zero-order valence-electron chi connectivity index (χ0n) is 14.4. The summed E-state index contributed by atoms with van der Waals surface area (Å²) >= 11 is 0. The normalized spacial score (nSPS) is 16.4. The van der Waals surface area contributed by atoms with Gasteiger partial charge in [-0.25, -0.2) is 0 Å². The molecule has 2 aromatic rings. The van der Waals surface area contributed by atoms with E-state index >= 15 is 0 Å². The third kappa shape index (κ3) is 3.29. The molecule has 128 valence electrons. The van der Waals surface area contributed by atoms with Crippen molar-refractivity contribution in [2.45, 2.75) is 18.9 Å². The second-order valence-electron chi connectivity index (χ2n) is 5.96. The van der Waals surface area contributed by atoms with Gasteiger partial charge in [-0.2, -0.15) is 5.26 Å². The van der Waals surface area contributed by atoms with E-state index in [1.54, 1.807) is 38.5 Å². The smallest absolute Gasteiger partial charge is 0.254 e. The quantitative estimate of drug-likeness (QED) is 0.856. The highest BCUT2D eigenvalue weighted by molar-refractivity contribution is 5.95. The molecule has 0 aromatic heterocycles. The minimum Gasteiger partial charge on any atom is -0.493 e. The third-order valence-corrected chi connectivity index (χ3v) is 4.54. The van der Waals surface area contributed by atoms with E-state index in [1.165, 1.54) is 0 Å². The van der Waals surface area contributed by atoms with Crippen LogP contribution < -0.4 is 9.47 Å². The van der Waals surface area contributed by atoms with Crippen LogP contribution in [0.25, 0.3) is 0 Å². The van der Waals surface area contributed by atoms with E-state index in [0.29, 0.717) is 29.2 Å². The van der Waals surface area contributed by atoms with Crippen LogP contribution in [0.15, 0.2) is 42.5 Å². The lowest BCUT2D eigenvalue weighted by Crippen LogP contribution is -2.30. The maximum Gasteiger partial charge on any atom is 0.254 e. The molecule has 1 aliphatic heterocycles. The number of nitrogens with zero attached hydrogens (tertiary/aromatic N) is 2. The number of likely N-dealkylation sites (tertiary alicyclic amines) is 1. The van der Waals surface area contributed by atoms with Crippen LogP contribution in [0.5, 0.6) is 11.5 Å². The highest BCUT2D eigenvalue weighted by Gasteiger charge is 2.31. The molecule has 0 aliphatic carbocycles. The Morgan fingerprint density at radius 1 is 1.16 bits per heavy atom. The van der Waals surface area contributed by atoms with E-state index < -0.39 is 0 Å². The summed E-state index contributed by atoms with van der Waals surface area (Å²) in [6, 6.07) is 14.7. The van der Waals surface area contributed by atoms with E-state index in [4.69, 9.17) is 14.7 Å². The first kappa shape index (κ1) is 16.8. The minimum absolute atomic E-state index is 0.00181. The zero-order chi connectivity index (χ0) is 17.8. The second kappa shape index (κ2) is 7.27. The first-order valence-electron chi connectivity index (χ1n) is 8.21. The van der Waals surface area contributed by atoms with Crippen LogP contribution in [0.2, 0.25) is 0 Å². The van der Waals surface area contributed by atoms with Crippen molar-refractivity contribution in [3.63, 3.8) is 0 Å². The zero-order valence-corrected chi connectivity index (χ0v) is 14.4. The molecule has 1 unspecified atom stereocenters. The number of hydrogen-bond acceptors (Lipinski definition) is 4. The van der Waals surface area contributed by atoms with Crippen molar-refractivity contribution in [3.05, 3.63) is 59.2 Å². The third-order valence-electron chi connectivity index (χ3n) is 4.54. The van der Waals surface area contributed by atoms with Crippen LogP contribution in [0.3, 0.4) is 0 Å². The molecule has 1 heterocycles. The molecule has 5 heteroatoms. The van der Waals surface area contributed by atoms with Crippen molar-refractivity contribution >= 4 is 5.91 Å². The Balaban J connectivity index is 1.90. The van der Waals surface area contributed by atoms with Gasteiger partial charge < -0.3 is 14.4 Å². The summed E-state index contributed by atoms with van der Waals surface area (Å²) in [7, 11) is 3.21. The van der Waals surface area contributed by atoms with Gasteiger partial charge in [0.1, 0.15) is 0 Å². The summed E-state index contributed by atoms with van der Waals surface area (Å²) in [5.74, 6) is 1.28. The summed E-state index contributed by atoms with van der Waals surface area (Å²) in [5.41, 5.74) is 2.07. The molecule has 25 heavy (non-hydrogen) atoms. The van der Waals surface area contributed by atoms with Gasteiger partial charge in [0.05, 0.1) is 31.9 Å². The fourth-order valence-corrected chi connectivity index (χ4v) is 3.30. The molecule has 5 nitrogen and oxygen atoms in total. The second-order valence-corrected chi connectivity index (χ2v) is 5.96. The maximum atomic E-state index is 12.9. The average molecular weight is 336 g/mol. The van der Waals surface area contributed by atoms with Crippen LogP contribution in [0.1, 0.15) is 40.4 Å². The average Bonchev–Trinajstić information content (AvgIpc) is 3.16. The fraction of sp³-hybridized carbons (Fsp3) is 0.300. The number of ether oxygens (including phenoxy) is 2. The van der Waals surface area contributed by atoms with E-state index in [1.807, 2.05) is 23.1 Å². The highest BCUT2D eigenvalue weighted by Crippen LogP contribution is 2.37. The topological polar surface area (TPSA) is 62.6 Å². The van der Waals surface area contributed by atoms with Crippen molar-refractivity contribution in [3.8, 4) is 17.6 Å². The largest absolute Gasteiger partial charge is 0.493 e. The van der Waals surface area contributed by atoms with E-state index in [0.717, 1.165) is 18.4 Å². The van der Waals surface area contributed by atoms with Crippen molar-refractivity contribution in [1.82, 2.24) is 4.90 Å². The lowest BCUT2D eigenvalue weighted by molar-refractivity contribution is 0.0735. The molecule has 0 bridgehead atoms. The number of nitriles is 1. The van der Waals surface area contributed by atoms with Gasteiger partial charge in [-0.3, -0.25) is 4.79 Å². The summed E-state index contributed by atoms with van der Waals surface area (Å²) in [6.07, 6.45) is 1.85. The van der Waals surface area contributed by atoms with Crippen LogP contribution in [-0.2, 0) is 0 Å². The van der Waals surface area contributed by atoms with Gasteiger partial charge in [0.15, 0.2) is 11.5 Å². The first-order chi connectivity index (χ1) is 12.2. The Labute approximate surface area is 147 Å². The van der Waals surface area contributed by atoms with Crippen LogP contribution >= 0.6 is 0 Å².